The van der Waals surface area contributed by atoms with Gasteiger partial charge in [0.15, 0.2) is 5.82 Å². The molecule has 1 aromatic carbocycles. The lowest BCUT2D eigenvalue weighted by Gasteiger charge is -2.08. The maximum Gasteiger partial charge on any atom is 0.165 e. The van der Waals surface area contributed by atoms with E-state index in [4.69, 9.17) is 0 Å². The lowest BCUT2D eigenvalue weighted by molar-refractivity contribution is 0.584. The molecule has 0 bridgehead atoms. The minimum Gasteiger partial charge on any atom is -0.309 e. The molecule has 2 aromatic rings. The Hall–Kier alpha value is -2.28. The average Bonchev–Trinajstić information content (AvgIpc) is 3.06. The smallest absolute Gasteiger partial charge is 0.165 e. The number of hydrogen-bond donors (Lipinski definition) is 1. The third-order valence-corrected chi connectivity index (χ3v) is 3.92. The van der Waals surface area contributed by atoms with Gasteiger partial charge in [0.05, 0.1) is 12.2 Å². The summed E-state index contributed by atoms with van der Waals surface area (Å²) < 4.78 is 26.9. The molecule has 5 nitrogen and oxygen atoms in total. The predicted molar refractivity (Wildman–Crippen MR) is 87.8 cm³/mol. The van der Waals surface area contributed by atoms with Crippen LogP contribution in [-0.4, -0.2) is 34.0 Å². The molecule has 0 unspecified atom stereocenters. The van der Waals surface area contributed by atoms with Crippen LogP contribution in [0.1, 0.15) is 30.8 Å². The summed E-state index contributed by atoms with van der Waals surface area (Å²) in [6, 6.07) is 3.38. The van der Waals surface area contributed by atoms with Crippen molar-refractivity contribution in [1.82, 2.24) is 20.5 Å². The second-order valence-electron chi connectivity index (χ2n) is 5.76. The highest BCUT2D eigenvalue weighted by Gasteiger charge is 2.13. The Bertz CT molecular complexity index is 761. The highest BCUT2D eigenvalue weighted by molar-refractivity contribution is 5.85. The van der Waals surface area contributed by atoms with E-state index in [1.807, 2.05) is 0 Å². The number of halogens is 2. The monoisotopic (exact) mass is 331 g/mol. The second kappa shape index (κ2) is 7.53. The summed E-state index contributed by atoms with van der Waals surface area (Å²) in [7, 11) is 0. The first-order chi connectivity index (χ1) is 11.6. The van der Waals surface area contributed by atoms with Gasteiger partial charge in [0.1, 0.15) is 17.3 Å². The summed E-state index contributed by atoms with van der Waals surface area (Å²) in [5, 5.41) is 11.4. The van der Waals surface area contributed by atoms with Crippen LogP contribution in [0.15, 0.2) is 23.2 Å². The summed E-state index contributed by atoms with van der Waals surface area (Å²) in [4.78, 5) is 8.78. The Morgan fingerprint density at radius 1 is 1.21 bits per heavy atom. The highest BCUT2D eigenvalue weighted by atomic mass is 19.1. The van der Waals surface area contributed by atoms with Crippen molar-refractivity contribution in [1.29, 1.82) is 0 Å². The number of benzene rings is 1. The van der Waals surface area contributed by atoms with Gasteiger partial charge in [-0.05, 0) is 38.3 Å². The van der Waals surface area contributed by atoms with Crippen LogP contribution in [-0.2, 0) is 6.54 Å². The van der Waals surface area contributed by atoms with Gasteiger partial charge in [-0.25, -0.2) is 13.8 Å². The molecule has 126 valence electrons. The van der Waals surface area contributed by atoms with Gasteiger partial charge >= 0.3 is 0 Å². The Balaban J connectivity index is 1.61. The number of rotatable bonds is 6. The molecule has 1 aliphatic rings. The van der Waals surface area contributed by atoms with E-state index in [0.29, 0.717) is 23.8 Å². The van der Waals surface area contributed by atoms with Gasteiger partial charge in [0, 0.05) is 30.4 Å². The van der Waals surface area contributed by atoms with Crippen LogP contribution in [0.5, 0.6) is 0 Å². The minimum atomic E-state index is -0.669. The SMILES string of the molecule is Cc1nc(CNCCC2=NCCC2)nnc1-c1ccc(F)cc1F. The maximum absolute atomic E-state index is 13.9. The van der Waals surface area contributed by atoms with Gasteiger partial charge in [0.2, 0.25) is 0 Å². The molecule has 1 aromatic heterocycles. The molecular weight excluding hydrogens is 312 g/mol. The number of nitrogens with one attached hydrogen (secondary N) is 1. The maximum atomic E-state index is 13.9. The summed E-state index contributed by atoms with van der Waals surface area (Å²) >= 11 is 0. The van der Waals surface area contributed by atoms with Crippen LogP contribution in [0.3, 0.4) is 0 Å². The number of nitrogens with zero attached hydrogens (tertiary/aromatic N) is 4. The number of aromatic nitrogens is 3. The first-order valence-corrected chi connectivity index (χ1v) is 8.02. The number of aliphatic imine (C=N–C) groups is 1. The minimum absolute atomic E-state index is 0.202. The molecule has 2 heterocycles. The van der Waals surface area contributed by atoms with Crippen molar-refractivity contribution in [2.75, 3.05) is 13.1 Å². The van der Waals surface area contributed by atoms with E-state index >= 15 is 0 Å². The average molecular weight is 331 g/mol. The molecule has 0 saturated carbocycles. The van der Waals surface area contributed by atoms with E-state index in [1.54, 1.807) is 6.92 Å². The fraction of sp³-hybridized carbons (Fsp3) is 0.412. The zero-order chi connectivity index (χ0) is 16.9. The Morgan fingerprint density at radius 2 is 2.08 bits per heavy atom. The van der Waals surface area contributed by atoms with E-state index in [0.717, 1.165) is 38.4 Å². The fourth-order valence-corrected chi connectivity index (χ4v) is 2.69. The molecule has 0 spiro atoms. The zero-order valence-electron chi connectivity index (χ0n) is 13.5. The molecule has 0 fully saturated rings. The van der Waals surface area contributed by atoms with Gasteiger partial charge in [-0.15, -0.1) is 10.2 Å². The van der Waals surface area contributed by atoms with E-state index in [1.165, 1.54) is 17.8 Å². The first-order valence-electron chi connectivity index (χ1n) is 8.02. The second-order valence-corrected chi connectivity index (χ2v) is 5.76. The van der Waals surface area contributed by atoms with Gasteiger partial charge in [0.25, 0.3) is 0 Å². The Labute approximate surface area is 139 Å². The molecule has 0 amide bonds. The highest BCUT2D eigenvalue weighted by Crippen LogP contribution is 2.23. The lowest BCUT2D eigenvalue weighted by atomic mass is 10.1. The third kappa shape index (κ3) is 3.97. The van der Waals surface area contributed by atoms with Crippen LogP contribution in [0.2, 0.25) is 0 Å². The van der Waals surface area contributed by atoms with Crippen molar-refractivity contribution >= 4 is 5.71 Å². The van der Waals surface area contributed by atoms with Crippen molar-refractivity contribution in [2.24, 2.45) is 4.99 Å². The standard InChI is InChI=1S/C17H19F2N5/c1-11-17(14-5-4-12(18)9-15(14)19)24-23-16(22-11)10-20-8-6-13-3-2-7-21-13/h4-5,9,20H,2-3,6-8,10H2,1H3. The van der Waals surface area contributed by atoms with Crippen LogP contribution in [0, 0.1) is 18.6 Å². The molecular formula is C17H19F2N5. The van der Waals surface area contributed by atoms with E-state index in [2.05, 4.69) is 25.5 Å². The van der Waals surface area contributed by atoms with Gasteiger partial charge in [-0.3, -0.25) is 4.99 Å². The van der Waals surface area contributed by atoms with Crippen molar-refractivity contribution in [3.63, 3.8) is 0 Å². The topological polar surface area (TPSA) is 63.1 Å². The predicted octanol–water partition coefficient (Wildman–Crippen LogP) is 2.84. The quantitative estimate of drug-likeness (QED) is 0.827. The molecule has 1 N–H and O–H groups in total. The van der Waals surface area contributed by atoms with E-state index in [-0.39, 0.29) is 5.56 Å². The van der Waals surface area contributed by atoms with Crippen LogP contribution in [0.4, 0.5) is 8.78 Å². The molecule has 1 aliphatic heterocycles. The lowest BCUT2D eigenvalue weighted by Crippen LogP contribution is -2.19. The first kappa shape index (κ1) is 16.6. The normalized spacial score (nSPS) is 14.0. The summed E-state index contributed by atoms with van der Waals surface area (Å²) in [6.45, 7) is 4.00. The van der Waals surface area contributed by atoms with E-state index < -0.39 is 11.6 Å². The Morgan fingerprint density at radius 3 is 2.79 bits per heavy atom. The summed E-state index contributed by atoms with van der Waals surface area (Å²) in [6.07, 6.45) is 3.19. The molecule has 24 heavy (non-hydrogen) atoms. The van der Waals surface area contributed by atoms with Gasteiger partial charge in [-0.1, -0.05) is 0 Å². The molecule has 0 saturated heterocycles. The van der Waals surface area contributed by atoms with E-state index in [9.17, 15) is 8.78 Å². The number of aryl methyl sites for hydroxylation is 1. The molecule has 7 heteroatoms. The number of hydrogen-bond acceptors (Lipinski definition) is 5. The Kier molecular flexibility index (Phi) is 5.20. The largest absolute Gasteiger partial charge is 0.309 e. The fourth-order valence-electron chi connectivity index (χ4n) is 2.69. The van der Waals surface area contributed by atoms with Crippen molar-refractivity contribution in [3.8, 4) is 11.3 Å². The van der Waals surface area contributed by atoms with Crippen molar-refractivity contribution in [2.45, 2.75) is 32.7 Å². The summed E-state index contributed by atoms with van der Waals surface area (Å²) in [5.41, 5.74) is 2.36. The van der Waals surface area contributed by atoms with Crippen molar-refractivity contribution < 1.29 is 8.78 Å². The summed E-state index contributed by atoms with van der Waals surface area (Å²) in [5.74, 6) is -0.743. The molecule has 3 rings (SSSR count). The van der Waals surface area contributed by atoms with Gasteiger partial charge < -0.3 is 5.32 Å². The van der Waals surface area contributed by atoms with Gasteiger partial charge in [-0.2, -0.15) is 0 Å². The van der Waals surface area contributed by atoms with Crippen LogP contribution < -0.4 is 5.32 Å². The van der Waals surface area contributed by atoms with Crippen molar-refractivity contribution in [3.05, 3.63) is 41.4 Å². The third-order valence-electron chi connectivity index (χ3n) is 3.92. The van der Waals surface area contributed by atoms with Crippen LogP contribution in [0.25, 0.3) is 11.3 Å². The molecule has 0 radical (unpaired) electrons. The zero-order valence-corrected chi connectivity index (χ0v) is 13.5. The van der Waals surface area contributed by atoms with Crippen LogP contribution >= 0.6 is 0 Å². The molecule has 0 atom stereocenters. The molecule has 0 aliphatic carbocycles.